The van der Waals surface area contributed by atoms with Crippen LogP contribution < -0.4 is 0 Å². The third-order valence-electron chi connectivity index (χ3n) is 17.0. The smallest absolute Gasteiger partial charge is 0.306 e. The zero-order valence-corrected chi connectivity index (χ0v) is 54.6. The Morgan fingerprint density at radius 1 is 0.237 bits per heavy atom. The van der Waals surface area contributed by atoms with Crippen LogP contribution >= 0.6 is 0 Å². The molecule has 1 atom stereocenters. The average molecular weight is 1130 g/mol. The molecule has 0 aromatic heterocycles. The van der Waals surface area contributed by atoms with Crippen molar-refractivity contribution in [3.05, 3.63) is 12.2 Å². The summed E-state index contributed by atoms with van der Waals surface area (Å²) >= 11 is 0. The number of ether oxygens (including phenoxy) is 3. The summed E-state index contributed by atoms with van der Waals surface area (Å²) < 4.78 is 17.0. The lowest BCUT2D eigenvalue weighted by molar-refractivity contribution is -0.167. The summed E-state index contributed by atoms with van der Waals surface area (Å²) in [5, 5.41) is 0. The van der Waals surface area contributed by atoms with Gasteiger partial charge in [0.1, 0.15) is 13.2 Å². The standard InChI is InChI=1S/C74H142O6/c1-4-7-10-13-16-19-22-25-27-29-31-32-33-34-35-36-37-38-39-40-41-42-44-45-47-49-52-55-58-61-64-67-73(76)79-70-71(69-78-72(75)66-63-60-57-54-51-24-21-18-15-12-9-6-3)80-74(77)68-65-62-59-56-53-50-48-46-43-30-28-26-23-20-17-14-11-8-5-2/h26,28,71H,4-25,27,29-70H2,1-3H3/b28-26-. The van der Waals surface area contributed by atoms with E-state index >= 15 is 0 Å². The molecule has 6 heteroatoms. The Bertz CT molecular complexity index is 1250. The predicted molar refractivity (Wildman–Crippen MR) is 349 cm³/mol. The molecule has 0 fully saturated rings. The molecule has 1 unspecified atom stereocenters. The molecular weight excluding hydrogens is 985 g/mol. The van der Waals surface area contributed by atoms with Crippen LogP contribution in [0.25, 0.3) is 0 Å². The van der Waals surface area contributed by atoms with Gasteiger partial charge in [-0.2, -0.15) is 0 Å². The molecule has 6 nitrogen and oxygen atoms in total. The number of carbonyl (C=O) groups excluding carboxylic acids is 3. The van der Waals surface area contributed by atoms with Gasteiger partial charge in [0.2, 0.25) is 0 Å². The van der Waals surface area contributed by atoms with Gasteiger partial charge in [-0.05, 0) is 44.9 Å². The van der Waals surface area contributed by atoms with Crippen molar-refractivity contribution in [3.63, 3.8) is 0 Å². The number of carbonyl (C=O) groups is 3. The van der Waals surface area contributed by atoms with E-state index in [-0.39, 0.29) is 31.1 Å². The summed E-state index contributed by atoms with van der Waals surface area (Å²) in [7, 11) is 0. The molecule has 0 aromatic carbocycles. The molecule has 0 amide bonds. The largest absolute Gasteiger partial charge is 0.462 e. The van der Waals surface area contributed by atoms with Gasteiger partial charge in [-0.1, -0.05) is 373 Å². The highest BCUT2D eigenvalue weighted by Crippen LogP contribution is 2.19. The molecule has 0 aliphatic carbocycles. The molecule has 0 saturated carbocycles. The van der Waals surface area contributed by atoms with Gasteiger partial charge in [-0.3, -0.25) is 14.4 Å². The average Bonchev–Trinajstić information content (AvgIpc) is 3.46. The van der Waals surface area contributed by atoms with Crippen LogP contribution in [0.3, 0.4) is 0 Å². The Kier molecular flexibility index (Phi) is 68.0. The van der Waals surface area contributed by atoms with Gasteiger partial charge < -0.3 is 14.2 Å². The van der Waals surface area contributed by atoms with E-state index in [1.807, 2.05) is 0 Å². The maximum Gasteiger partial charge on any atom is 0.306 e. The Morgan fingerprint density at radius 3 is 0.625 bits per heavy atom. The van der Waals surface area contributed by atoms with Crippen LogP contribution in [0, 0.1) is 0 Å². The summed E-state index contributed by atoms with van der Waals surface area (Å²) in [6.07, 6.45) is 84.1. The Morgan fingerprint density at radius 2 is 0.412 bits per heavy atom. The van der Waals surface area contributed by atoms with Crippen molar-refractivity contribution in [2.75, 3.05) is 13.2 Å². The number of unbranched alkanes of at least 4 members (excludes halogenated alkanes) is 56. The van der Waals surface area contributed by atoms with Crippen LogP contribution in [0.15, 0.2) is 12.2 Å². The molecule has 474 valence electrons. The number of esters is 3. The lowest BCUT2D eigenvalue weighted by Crippen LogP contribution is -2.30. The van der Waals surface area contributed by atoms with Crippen molar-refractivity contribution in [3.8, 4) is 0 Å². The first kappa shape index (κ1) is 78.1. The number of hydrogen-bond acceptors (Lipinski definition) is 6. The van der Waals surface area contributed by atoms with Crippen LogP contribution in [0.2, 0.25) is 0 Å². The Hall–Kier alpha value is -1.85. The molecule has 80 heavy (non-hydrogen) atoms. The summed E-state index contributed by atoms with van der Waals surface area (Å²) in [6.45, 7) is 6.72. The first-order chi connectivity index (χ1) is 39.5. The van der Waals surface area contributed by atoms with Crippen molar-refractivity contribution in [1.29, 1.82) is 0 Å². The second-order valence-corrected chi connectivity index (χ2v) is 25.2. The van der Waals surface area contributed by atoms with Gasteiger partial charge in [-0.15, -0.1) is 0 Å². The summed E-state index contributed by atoms with van der Waals surface area (Å²) in [4.78, 5) is 38.4. The summed E-state index contributed by atoms with van der Waals surface area (Å²) in [6, 6.07) is 0. The monoisotopic (exact) mass is 1130 g/mol. The van der Waals surface area contributed by atoms with Crippen molar-refractivity contribution < 1.29 is 28.6 Å². The second-order valence-electron chi connectivity index (χ2n) is 25.2. The van der Waals surface area contributed by atoms with E-state index in [4.69, 9.17) is 14.2 Å². The van der Waals surface area contributed by atoms with Gasteiger partial charge in [0.05, 0.1) is 0 Å². The molecule has 0 aromatic rings. The van der Waals surface area contributed by atoms with Gasteiger partial charge in [-0.25, -0.2) is 0 Å². The maximum atomic E-state index is 12.9. The minimum Gasteiger partial charge on any atom is -0.462 e. The van der Waals surface area contributed by atoms with Crippen molar-refractivity contribution in [1.82, 2.24) is 0 Å². The zero-order chi connectivity index (χ0) is 57.8. The van der Waals surface area contributed by atoms with Crippen LogP contribution in [0.4, 0.5) is 0 Å². The van der Waals surface area contributed by atoms with Gasteiger partial charge in [0.15, 0.2) is 6.10 Å². The van der Waals surface area contributed by atoms with Crippen molar-refractivity contribution in [2.24, 2.45) is 0 Å². The minimum atomic E-state index is -0.767. The van der Waals surface area contributed by atoms with Crippen LogP contribution in [0.5, 0.6) is 0 Å². The highest BCUT2D eigenvalue weighted by Gasteiger charge is 2.20. The van der Waals surface area contributed by atoms with E-state index < -0.39 is 6.10 Å². The van der Waals surface area contributed by atoms with E-state index in [0.717, 1.165) is 57.8 Å². The molecule has 0 heterocycles. The predicted octanol–water partition coefficient (Wildman–Crippen LogP) is 25.2. The molecule has 0 bridgehead atoms. The fourth-order valence-corrected chi connectivity index (χ4v) is 11.5. The van der Waals surface area contributed by atoms with Crippen LogP contribution in [0.1, 0.15) is 425 Å². The fraction of sp³-hybridized carbons (Fsp3) is 0.932. The van der Waals surface area contributed by atoms with Crippen LogP contribution in [-0.4, -0.2) is 37.2 Å². The van der Waals surface area contributed by atoms with E-state index in [1.54, 1.807) is 0 Å². The zero-order valence-electron chi connectivity index (χ0n) is 54.6. The molecule has 0 saturated heterocycles. The second kappa shape index (κ2) is 69.6. The number of rotatable bonds is 69. The van der Waals surface area contributed by atoms with Crippen molar-refractivity contribution in [2.45, 2.75) is 431 Å². The third-order valence-corrected chi connectivity index (χ3v) is 17.0. The fourth-order valence-electron chi connectivity index (χ4n) is 11.5. The molecule has 0 N–H and O–H groups in total. The Labute approximate surface area is 501 Å². The lowest BCUT2D eigenvalue weighted by Gasteiger charge is -2.18. The van der Waals surface area contributed by atoms with E-state index in [2.05, 4.69) is 32.9 Å². The van der Waals surface area contributed by atoms with Gasteiger partial charge in [0.25, 0.3) is 0 Å². The molecule has 0 aliphatic heterocycles. The van der Waals surface area contributed by atoms with E-state index in [0.29, 0.717) is 19.3 Å². The van der Waals surface area contributed by atoms with Crippen molar-refractivity contribution >= 4 is 17.9 Å². The summed E-state index contributed by atoms with van der Waals surface area (Å²) in [5.74, 6) is -0.832. The number of hydrogen-bond donors (Lipinski definition) is 0. The Balaban J connectivity index is 4.10. The van der Waals surface area contributed by atoms with E-state index in [9.17, 15) is 14.4 Å². The molecule has 0 radical (unpaired) electrons. The quantitative estimate of drug-likeness (QED) is 0.0261. The topological polar surface area (TPSA) is 78.9 Å². The molecule has 0 aliphatic rings. The first-order valence-electron chi connectivity index (χ1n) is 36.7. The maximum absolute atomic E-state index is 12.9. The molecular formula is C74H142O6. The first-order valence-corrected chi connectivity index (χ1v) is 36.7. The highest BCUT2D eigenvalue weighted by molar-refractivity contribution is 5.71. The summed E-state index contributed by atoms with van der Waals surface area (Å²) in [5.41, 5.74) is 0. The van der Waals surface area contributed by atoms with E-state index in [1.165, 1.54) is 327 Å². The minimum absolute atomic E-state index is 0.0639. The normalized spacial score (nSPS) is 12.0. The van der Waals surface area contributed by atoms with Gasteiger partial charge >= 0.3 is 17.9 Å². The number of allylic oxidation sites excluding steroid dienone is 2. The SMILES string of the molecule is CCCCCCCC/C=C\CCCCCCCCCCCC(=O)OC(COC(=O)CCCCCCCCCCCCCC)COC(=O)CCCCCCCCCCCCCCCCCCCCCCCCCCCCCCCCC. The highest BCUT2D eigenvalue weighted by atomic mass is 16.6. The lowest BCUT2D eigenvalue weighted by atomic mass is 10.0. The third kappa shape index (κ3) is 66.9. The molecule has 0 rings (SSSR count). The molecule has 0 spiro atoms. The van der Waals surface area contributed by atoms with Crippen LogP contribution in [-0.2, 0) is 28.6 Å². The van der Waals surface area contributed by atoms with Gasteiger partial charge in [0, 0.05) is 19.3 Å².